The average Bonchev–Trinajstić information content (AvgIpc) is 2.52. The Labute approximate surface area is 156 Å². The minimum atomic E-state index is -6.09. The molecule has 1 amide bonds. The zero-order chi connectivity index (χ0) is 20.4. The van der Waals surface area contributed by atoms with Gasteiger partial charge in [-0.05, 0) is 24.1 Å². The molecule has 6 nitrogen and oxygen atoms in total. The molecular weight excluding hydrogens is 397 g/mol. The number of pyridine rings is 1. The predicted octanol–water partition coefficient (Wildman–Crippen LogP) is 3.01. The first kappa shape index (κ1) is 24.6. The topological polar surface area (TPSA) is 90.2 Å². The number of nitrogens with zero attached hydrogens (tertiary/aromatic N) is 1. The summed E-state index contributed by atoms with van der Waals surface area (Å²) in [6.45, 7) is 5.79. The Morgan fingerprint density at radius 3 is 2.27 bits per heavy atom. The summed E-state index contributed by atoms with van der Waals surface area (Å²) in [5.74, 6) is -0.0840. The van der Waals surface area contributed by atoms with Gasteiger partial charge in [0.25, 0.3) is 11.1 Å². The number of amides is 1. The van der Waals surface area contributed by atoms with Gasteiger partial charge in [0.15, 0.2) is 16.3 Å². The fourth-order valence-corrected chi connectivity index (χ4v) is 1.97. The number of unbranched alkanes of at least 4 members (excludes halogenated alkanes) is 2. The van der Waals surface area contributed by atoms with E-state index in [1.807, 2.05) is 16.8 Å². The molecule has 0 aliphatic heterocycles. The maximum absolute atomic E-state index is 12.0. The summed E-state index contributed by atoms with van der Waals surface area (Å²) in [5.41, 5.74) is -5.08. The van der Waals surface area contributed by atoms with Crippen LogP contribution in [-0.2, 0) is 16.7 Å². The maximum atomic E-state index is 12.0. The van der Waals surface area contributed by atoms with Crippen molar-refractivity contribution >= 4 is 27.6 Å². The summed E-state index contributed by atoms with van der Waals surface area (Å²) in [4.78, 5) is 12.0. The lowest BCUT2D eigenvalue weighted by Gasteiger charge is -2.08. The second-order valence-electron chi connectivity index (χ2n) is 5.27. The number of aromatic nitrogens is 1. The Kier molecular flexibility index (Phi) is 10.7. The van der Waals surface area contributed by atoms with E-state index in [1.54, 1.807) is 6.07 Å². The number of halogens is 4. The van der Waals surface area contributed by atoms with Gasteiger partial charge >= 0.3 is 5.51 Å². The monoisotopic (exact) mass is 418 g/mol. The van der Waals surface area contributed by atoms with Crippen LogP contribution < -0.4 is 9.88 Å². The second-order valence-corrected chi connectivity index (χ2v) is 7.00. The lowest BCUT2D eigenvalue weighted by atomic mass is 10.2. The normalized spacial score (nSPS) is 11.5. The molecule has 26 heavy (non-hydrogen) atoms. The van der Waals surface area contributed by atoms with E-state index in [2.05, 4.69) is 19.2 Å². The highest BCUT2D eigenvalue weighted by molar-refractivity contribution is 7.86. The predicted molar refractivity (Wildman–Crippen MR) is 89.5 cm³/mol. The summed E-state index contributed by atoms with van der Waals surface area (Å²) in [6, 6.07) is 3.64. The smallest absolute Gasteiger partial charge is 0.485 e. The average molecular weight is 419 g/mol. The zero-order valence-corrected chi connectivity index (χ0v) is 16.0. The summed E-state index contributed by atoms with van der Waals surface area (Å²) in [7, 11) is -6.09. The molecule has 0 aliphatic rings. The van der Waals surface area contributed by atoms with Gasteiger partial charge < -0.3 is 9.87 Å². The van der Waals surface area contributed by atoms with Crippen molar-refractivity contribution in [1.82, 2.24) is 5.32 Å². The molecule has 1 aromatic heterocycles. The van der Waals surface area contributed by atoms with Crippen LogP contribution in [0.25, 0.3) is 0 Å². The van der Waals surface area contributed by atoms with Crippen LogP contribution in [0, 0.1) is 0 Å². The zero-order valence-electron chi connectivity index (χ0n) is 14.5. The van der Waals surface area contributed by atoms with Crippen molar-refractivity contribution in [3.63, 3.8) is 0 Å². The first-order valence-electron chi connectivity index (χ1n) is 7.94. The van der Waals surface area contributed by atoms with Gasteiger partial charge in [-0.15, -0.1) is 0 Å². The van der Waals surface area contributed by atoms with Gasteiger partial charge in [-0.1, -0.05) is 26.7 Å². The van der Waals surface area contributed by atoms with Crippen LogP contribution in [0.5, 0.6) is 0 Å². The van der Waals surface area contributed by atoms with Crippen LogP contribution in [0.2, 0.25) is 5.15 Å². The first-order valence-corrected chi connectivity index (χ1v) is 9.72. The standard InChI is InChI=1S/C14H21ClN2O.CHF3O3S/c1-3-5-9-16-14(18)12-8-7-11-17(13(12)15)10-6-4-2;2-1(3,4)8(5,6)7/h7-8,11H,3-6,9-10H2,1-2H3;(H,5,6,7). The van der Waals surface area contributed by atoms with Crippen LogP contribution in [-0.4, -0.2) is 30.9 Å². The Morgan fingerprint density at radius 1 is 1.27 bits per heavy atom. The molecule has 0 radical (unpaired) electrons. The van der Waals surface area contributed by atoms with Gasteiger partial charge in [0, 0.05) is 19.0 Å². The fourth-order valence-electron chi connectivity index (χ4n) is 1.68. The quantitative estimate of drug-likeness (QED) is 0.242. The van der Waals surface area contributed by atoms with Gasteiger partial charge in [-0.3, -0.25) is 4.79 Å². The summed E-state index contributed by atoms with van der Waals surface area (Å²) < 4.78 is 60.8. The first-order chi connectivity index (χ1) is 12.0. The van der Waals surface area contributed by atoms with E-state index >= 15 is 0 Å². The van der Waals surface area contributed by atoms with E-state index in [0.717, 1.165) is 32.2 Å². The van der Waals surface area contributed by atoms with Crippen molar-refractivity contribution < 1.29 is 35.5 Å². The summed E-state index contributed by atoms with van der Waals surface area (Å²) >= 11 is 6.25. The van der Waals surface area contributed by atoms with Gasteiger partial charge in [0.05, 0.1) is 0 Å². The Morgan fingerprint density at radius 2 is 1.81 bits per heavy atom. The Balaban J connectivity index is 0.000000660. The molecule has 1 aromatic rings. The molecule has 0 bridgehead atoms. The third-order valence-electron chi connectivity index (χ3n) is 3.10. The number of alkyl halides is 3. The number of hydrogen-bond donors (Lipinski definition) is 1. The van der Waals surface area contributed by atoms with E-state index in [1.165, 1.54) is 0 Å². The molecule has 0 aromatic carbocycles. The SMILES string of the molecule is CCCCNC(=O)c1ccc[n+](CCCC)c1Cl.O=S(=O)([O-])C(F)(F)F. The van der Waals surface area contributed by atoms with Crippen LogP contribution >= 0.6 is 11.6 Å². The van der Waals surface area contributed by atoms with Gasteiger partial charge in [-0.25, -0.2) is 8.42 Å². The number of nitrogens with one attached hydrogen (secondary N) is 1. The molecule has 0 aliphatic carbocycles. The van der Waals surface area contributed by atoms with Gasteiger partial charge in [0.2, 0.25) is 0 Å². The Hall–Kier alpha value is -1.39. The van der Waals surface area contributed by atoms with Crippen molar-refractivity contribution in [1.29, 1.82) is 0 Å². The van der Waals surface area contributed by atoms with Gasteiger partial charge in [-0.2, -0.15) is 17.7 Å². The minimum absolute atomic E-state index is 0.0840. The third kappa shape index (κ3) is 8.81. The summed E-state index contributed by atoms with van der Waals surface area (Å²) in [6.07, 6.45) is 6.15. The molecule has 1 N–H and O–H groups in total. The largest absolute Gasteiger partial charge is 0.741 e. The fraction of sp³-hybridized carbons (Fsp3) is 0.600. The molecule has 0 unspecified atom stereocenters. The van der Waals surface area contributed by atoms with E-state index < -0.39 is 15.6 Å². The van der Waals surface area contributed by atoms with Crippen LogP contribution in [0.15, 0.2) is 18.3 Å². The highest BCUT2D eigenvalue weighted by Crippen LogP contribution is 2.20. The molecule has 1 rings (SSSR count). The third-order valence-corrected chi connectivity index (χ3v) is 4.09. The van der Waals surface area contributed by atoms with Crippen molar-refractivity contribution in [2.24, 2.45) is 0 Å². The van der Waals surface area contributed by atoms with E-state index in [4.69, 9.17) is 24.6 Å². The molecule has 150 valence electrons. The van der Waals surface area contributed by atoms with E-state index in [-0.39, 0.29) is 5.91 Å². The molecule has 0 fully saturated rings. The maximum Gasteiger partial charge on any atom is 0.485 e. The van der Waals surface area contributed by atoms with Crippen LogP contribution in [0.3, 0.4) is 0 Å². The molecule has 0 saturated carbocycles. The van der Waals surface area contributed by atoms with Crippen molar-refractivity contribution in [2.75, 3.05) is 6.54 Å². The molecule has 0 saturated heterocycles. The van der Waals surface area contributed by atoms with Crippen LogP contribution in [0.4, 0.5) is 13.2 Å². The number of carbonyl (C=O) groups excluding carboxylic acids is 1. The Bertz CT molecular complexity index is 682. The molecule has 0 atom stereocenters. The number of hydrogen-bond acceptors (Lipinski definition) is 4. The van der Waals surface area contributed by atoms with Crippen molar-refractivity contribution in [2.45, 2.75) is 51.6 Å². The highest BCUT2D eigenvalue weighted by atomic mass is 35.5. The molecule has 11 heteroatoms. The molecule has 1 heterocycles. The number of carbonyl (C=O) groups is 1. The van der Waals surface area contributed by atoms with Crippen LogP contribution in [0.1, 0.15) is 49.9 Å². The lowest BCUT2D eigenvalue weighted by Crippen LogP contribution is -2.37. The van der Waals surface area contributed by atoms with E-state index in [0.29, 0.717) is 17.3 Å². The lowest BCUT2D eigenvalue weighted by molar-refractivity contribution is -0.695. The molecule has 0 spiro atoms. The number of aryl methyl sites for hydroxylation is 1. The second kappa shape index (κ2) is 11.3. The summed E-state index contributed by atoms with van der Waals surface area (Å²) in [5, 5.41) is 3.42. The highest BCUT2D eigenvalue weighted by Gasteiger charge is 2.36. The van der Waals surface area contributed by atoms with Crippen molar-refractivity contribution in [3.8, 4) is 0 Å². The van der Waals surface area contributed by atoms with Gasteiger partial charge in [0.1, 0.15) is 12.1 Å². The van der Waals surface area contributed by atoms with Crippen molar-refractivity contribution in [3.05, 3.63) is 29.0 Å². The van der Waals surface area contributed by atoms with E-state index in [9.17, 15) is 18.0 Å². The minimum Gasteiger partial charge on any atom is -0.741 e. The molecular formula is C15H22ClF3N2O4S. The number of rotatable bonds is 7.